The Kier molecular flexibility index (Phi) is 3.25. The number of amides is 1. The molecule has 13 heavy (non-hydrogen) atoms. The maximum atomic E-state index is 12.9. The van der Waals surface area contributed by atoms with Crippen molar-refractivity contribution in [3.05, 3.63) is 29.6 Å². The van der Waals surface area contributed by atoms with Crippen molar-refractivity contribution in [3.8, 4) is 5.75 Å². The van der Waals surface area contributed by atoms with E-state index in [4.69, 9.17) is 4.74 Å². The Morgan fingerprint density at radius 2 is 2.38 bits per heavy atom. The number of ether oxygens (including phenoxy) is 1. The molecule has 1 amide bonds. The Balaban J connectivity index is 2.79. The molecular weight excluding hydrogens is 173 g/mol. The Morgan fingerprint density at radius 1 is 1.62 bits per heavy atom. The second-order valence-corrected chi connectivity index (χ2v) is 2.47. The number of carbonyl (C=O) groups excluding carboxylic acids is 1. The first-order valence-corrected chi connectivity index (χ1v) is 3.77. The molecule has 3 nitrogen and oxygen atoms in total. The minimum atomic E-state index is -0.405. The first-order valence-electron chi connectivity index (χ1n) is 3.77. The molecule has 0 saturated heterocycles. The van der Waals surface area contributed by atoms with E-state index >= 15 is 0 Å². The van der Waals surface area contributed by atoms with Crippen LogP contribution in [0.25, 0.3) is 0 Å². The molecule has 0 aliphatic carbocycles. The zero-order valence-electron chi connectivity index (χ0n) is 7.21. The molecule has 1 N–H and O–H groups in total. The lowest BCUT2D eigenvalue weighted by molar-refractivity contribution is -0.109. The first kappa shape index (κ1) is 9.51. The molecule has 0 aliphatic rings. The molecule has 0 atom stereocenters. The molecule has 0 aliphatic heterocycles. The van der Waals surface area contributed by atoms with E-state index in [1.807, 2.05) is 0 Å². The average molecular weight is 183 g/mol. The van der Waals surface area contributed by atoms with Crippen LogP contribution in [0.2, 0.25) is 0 Å². The highest BCUT2D eigenvalue weighted by molar-refractivity contribution is 5.46. The van der Waals surface area contributed by atoms with Crippen molar-refractivity contribution < 1.29 is 13.9 Å². The molecule has 70 valence electrons. The van der Waals surface area contributed by atoms with Crippen LogP contribution in [-0.4, -0.2) is 13.5 Å². The summed E-state index contributed by atoms with van der Waals surface area (Å²) in [7, 11) is 1.40. The van der Waals surface area contributed by atoms with Crippen molar-refractivity contribution in [2.24, 2.45) is 0 Å². The quantitative estimate of drug-likeness (QED) is 0.709. The fourth-order valence-electron chi connectivity index (χ4n) is 0.974. The number of halogens is 1. The van der Waals surface area contributed by atoms with E-state index in [1.165, 1.54) is 13.2 Å². The predicted octanol–water partition coefficient (Wildman–Crippen LogP) is 1.08. The highest BCUT2D eigenvalue weighted by Crippen LogP contribution is 2.17. The zero-order valence-corrected chi connectivity index (χ0v) is 7.21. The van der Waals surface area contributed by atoms with Gasteiger partial charge < -0.3 is 10.1 Å². The highest BCUT2D eigenvalue weighted by Gasteiger charge is 2.02. The summed E-state index contributed by atoms with van der Waals surface area (Å²) in [5, 5.41) is 2.48. The third kappa shape index (κ3) is 2.43. The van der Waals surface area contributed by atoms with Crippen molar-refractivity contribution >= 4 is 6.41 Å². The van der Waals surface area contributed by atoms with Crippen LogP contribution in [0.15, 0.2) is 18.2 Å². The standard InChI is InChI=1S/C9H10FNO2/c1-13-9-4-7(5-11-6-12)2-3-8(9)10/h2-4,6H,5H2,1H3,(H,11,12). The molecule has 1 aromatic rings. The maximum Gasteiger partial charge on any atom is 0.207 e. The van der Waals surface area contributed by atoms with E-state index < -0.39 is 5.82 Å². The largest absolute Gasteiger partial charge is 0.494 e. The molecule has 0 bridgehead atoms. The third-order valence-electron chi connectivity index (χ3n) is 1.61. The Hall–Kier alpha value is -1.58. The molecule has 0 radical (unpaired) electrons. The Morgan fingerprint density at radius 3 is 3.00 bits per heavy atom. The summed E-state index contributed by atoms with van der Waals surface area (Å²) in [6, 6.07) is 4.45. The molecule has 0 unspecified atom stereocenters. The van der Waals surface area contributed by atoms with Crippen molar-refractivity contribution in [1.82, 2.24) is 5.32 Å². The van der Waals surface area contributed by atoms with Crippen molar-refractivity contribution in [2.45, 2.75) is 6.54 Å². The summed E-state index contributed by atoms with van der Waals surface area (Å²) in [4.78, 5) is 9.98. The molecule has 4 heteroatoms. The average Bonchev–Trinajstić information content (AvgIpc) is 2.16. The maximum absolute atomic E-state index is 12.9. The summed E-state index contributed by atoms with van der Waals surface area (Å²) in [6.45, 7) is 0.375. The molecule has 1 rings (SSSR count). The van der Waals surface area contributed by atoms with E-state index in [2.05, 4.69) is 5.32 Å². The summed E-state index contributed by atoms with van der Waals surface area (Å²) >= 11 is 0. The van der Waals surface area contributed by atoms with Gasteiger partial charge in [-0.2, -0.15) is 0 Å². The van der Waals surface area contributed by atoms with Gasteiger partial charge in [0.1, 0.15) is 0 Å². The normalized spacial score (nSPS) is 9.38. The number of methoxy groups -OCH3 is 1. The molecule has 0 spiro atoms. The first-order chi connectivity index (χ1) is 6.27. The van der Waals surface area contributed by atoms with Gasteiger partial charge in [-0.1, -0.05) is 6.07 Å². The van der Waals surface area contributed by atoms with Gasteiger partial charge in [0.25, 0.3) is 0 Å². The van der Waals surface area contributed by atoms with Crippen LogP contribution in [0.1, 0.15) is 5.56 Å². The van der Waals surface area contributed by atoms with Crippen LogP contribution >= 0.6 is 0 Å². The number of hydrogen-bond acceptors (Lipinski definition) is 2. The van der Waals surface area contributed by atoms with Crippen LogP contribution in [-0.2, 0) is 11.3 Å². The van der Waals surface area contributed by atoms with E-state index in [-0.39, 0.29) is 5.75 Å². The van der Waals surface area contributed by atoms with Gasteiger partial charge in [0.05, 0.1) is 7.11 Å². The Bertz CT molecular complexity index is 302. The lowest BCUT2D eigenvalue weighted by Crippen LogP contribution is -2.09. The van der Waals surface area contributed by atoms with Crippen molar-refractivity contribution in [2.75, 3.05) is 7.11 Å². The topological polar surface area (TPSA) is 38.3 Å². The van der Waals surface area contributed by atoms with Gasteiger partial charge in [-0.25, -0.2) is 4.39 Å². The minimum absolute atomic E-state index is 0.185. The lowest BCUT2D eigenvalue weighted by atomic mass is 10.2. The second-order valence-electron chi connectivity index (χ2n) is 2.47. The van der Waals surface area contributed by atoms with E-state index in [1.54, 1.807) is 12.1 Å². The number of nitrogens with one attached hydrogen (secondary N) is 1. The summed E-state index contributed by atoms with van der Waals surface area (Å²) < 4.78 is 17.7. The second kappa shape index (κ2) is 4.45. The summed E-state index contributed by atoms with van der Waals surface area (Å²) in [5.41, 5.74) is 0.797. The highest BCUT2D eigenvalue weighted by atomic mass is 19.1. The number of rotatable bonds is 4. The zero-order chi connectivity index (χ0) is 9.68. The molecule has 1 aromatic carbocycles. The van der Waals surface area contributed by atoms with E-state index in [9.17, 15) is 9.18 Å². The molecule has 0 aromatic heterocycles. The SMILES string of the molecule is COc1cc(CNC=O)ccc1F. The minimum Gasteiger partial charge on any atom is -0.494 e. The molecule has 0 saturated carbocycles. The number of benzene rings is 1. The van der Waals surface area contributed by atoms with Crippen LogP contribution in [0, 0.1) is 5.82 Å². The van der Waals surface area contributed by atoms with Gasteiger partial charge in [-0.3, -0.25) is 4.79 Å². The smallest absolute Gasteiger partial charge is 0.207 e. The summed E-state index contributed by atoms with van der Waals surface area (Å²) in [5.74, 6) is -0.220. The fraction of sp³-hybridized carbons (Fsp3) is 0.222. The molecule has 0 fully saturated rings. The van der Waals surface area contributed by atoms with Crippen LogP contribution < -0.4 is 10.1 Å². The lowest BCUT2D eigenvalue weighted by Gasteiger charge is -2.04. The molecular formula is C9H10FNO2. The van der Waals surface area contributed by atoms with Crippen molar-refractivity contribution in [1.29, 1.82) is 0 Å². The van der Waals surface area contributed by atoms with Gasteiger partial charge in [0, 0.05) is 6.54 Å². The summed E-state index contributed by atoms with van der Waals surface area (Å²) in [6.07, 6.45) is 0.593. The van der Waals surface area contributed by atoms with Crippen LogP contribution in [0.3, 0.4) is 0 Å². The van der Waals surface area contributed by atoms with Gasteiger partial charge in [0.15, 0.2) is 11.6 Å². The van der Waals surface area contributed by atoms with Gasteiger partial charge in [-0.05, 0) is 17.7 Å². The van der Waals surface area contributed by atoms with Crippen LogP contribution in [0.4, 0.5) is 4.39 Å². The number of hydrogen-bond donors (Lipinski definition) is 1. The van der Waals surface area contributed by atoms with Crippen molar-refractivity contribution in [3.63, 3.8) is 0 Å². The fourth-order valence-corrected chi connectivity index (χ4v) is 0.974. The van der Waals surface area contributed by atoms with Crippen LogP contribution in [0.5, 0.6) is 5.75 Å². The molecule has 0 heterocycles. The number of carbonyl (C=O) groups is 1. The van der Waals surface area contributed by atoms with Gasteiger partial charge >= 0.3 is 0 Å². The predicted molar refractivity (Wildman–Crippen MR) is 45.9 cm³/mol. The Labute approximate surface area is 75.5 Å². The van der Waals surface area contributed by atoms with E-state index in [0.29, 0.717) is 13.0 Å². The third-order valence-corrected chi connectivity index (χ3v) is 1.61. The van der Waals surface area contributed by atoms with Gasteiger partial charge in [-0.15, -0.1) is 0 Å². The van der Waals surface area contributed by atoms with E-state index in [0.717, 1.165) is 5.56 Å². The van der Waals surface area contributed by atoms with Gasteiger partial charge in [0.2, 0.25) is 6.41 Å². The monoisotopic (exact) mass is 183 g/mol.